The average Bonchev–Trinajstić information content (AvgIpc) is 2.53. The van der Waals surface area contributed by atoms with E-state index in [-0.39, 0.29) is 0 Å². The van der Waals surface area contributed by atoms with Gasteiger partial charge >= 0.3 is 0 Å². The highest BCUT2D eigenvalue weighted by Crippen LogP contribution is 2.25. The molecule has 6 heteroatoms. The first kappa shape index (κ1) is 16.2. The highest BCUT2D eigenvalue weighted by molar-refractivity contribution is 7.89. The minimum Gasteiger partial charge on any atom is -0.370 e. The Morgan fingerprint density at radius 2 is 2.05 bits per heavy atom. The SMILES string of the molecule is CCCNc1cc(S(=O)(=O)N2CCC(CC)CC2)ccn1. The Kier molecular flexibility index (Phi) is 5.58. The standard InChI is InChI=1S/C15H25N3O2S/c1-3-8-16-15-12-14(5-9-17-15)21(19,20)18-10-6-13(4-2)7-11-18/h5,9,12-13H,3-4,6-8,10-11H2,1-2H3,(H,16,17). The Bertz CT molecular complexity index is 552. The van der Waals surface area contributed by atoms with E-state index in [1.54, 1.807) is 22.6 Å². The van der Waals surface area contributed by atoms with Gasteiger partial charge in [-0.15, -0.1) is 0 Å². The maximum Gasteiger partial charge on any atom is 0.243 e. The lowest BCUT2D eigenvalue weighted by Crippen LogP contribution is -2.38. The number of anilines is 1. The number of hydrogen-bond donors (Lipinski definition) is 1. The summed E-state index contributed by atoms with van der Waals surface area (Å²) in [5, 5.41) is 3.13. The van der Waals surface area contributed by atoms with Crippen LogP contribution in [0.5, 0.6) is 0 Å². The zero-order valence-electron chi connectivity index (χ0n) is 12.9. The summed E-state index contributed by atoms with van der Waals surface area (Å²) in [6, 6.07) is 3.22. The van der Waals surface area contributed by atoms with Crippen molar-refractivity contribution in [3.05, 3.63) is 18.3 Å². The van der Waals surface area contributed by atoms with Crippen LogP contribution in [0.15, 0.2) is 23.2 Å². The van der Waals surface area contributed by atoms with Crippen LogP contribution in [0.1, 0.15) is 39.5 Å². The van der Waals surface area contributed by atoms with Gasteiger partial charge in [0.25, 0.3) is 0 Å². The van der Waals surface area contributed by atoms with Gasteiger partial charge in [0.1, 0.15) is 5.82 Å². The van der Waals surface area contributed by atoms with E-state index in [0.29, 0.717) is 29.7 Å². The van der Waals surface area contributed by atoms with Gasteiger partial charge in [0, 0.05) is 31.9 Å². The summed E-state index contributed by atoms with van der Waals surface area (Å²) in [5.41, 5.74) is 0. The summed E-state index contributed by atoms with van der Waals surface area (Å²) in [6.07, 6.45) is 5.59. The molecule has 21 heavy (non-hydrogen) atoms. The second-order valence-electron chi connectivity index (χ2n) is 5.56. The third kappa shape index (κ3) is 3.95. The summed E-state index contributed by atoms with van der Waals surface area (Å²) in [6.45, 7) is 6.27. The van der Waals surface area contributed by atoms with Crippen molar-refractivity contribution in [1.82, 2.24) is 9.29 Å². The van der Waals surface area contributed by atoms with Gasteiger partial charge in [0.15, 0.2) is 0 Å². The molecule has 0 bridgehead atoms. The van der Waals surface area contributed by atoms with E-state index in [4.69, 9.17) is 0 Å². The van der Waals surface area contributed by atoms with E-state index in [1.165, 1.54) is 0 Å². The molecule has 1 aromatic heterocycles. The van der Waals surface area contributed by atoms with Crippen molar-refractivity contribution in [2.75, 3.05) is 25.0 Å². The molecular weight excluding hydrogens is 286 g/mol. The normalized spacial score (nSPS) is 17.8. The maximum absolute atomic E-state index is 12.7. The minimum atomic E-state index is -3.39. The molecule has 1 fully saturated rings. The van der Waals surface area contributed by atoms with Gasteiger partial charge in [-0.1, -0.05) is 20.3 Å². The molecule has 0 atom stereocenters. The zero-order valence-corrected chi connectivity index (χ0v) is 13.7. The molecule has 0 aliphatic carbocycles. The second-order valence-corrected chi connectivity index (χ2v) is 7.50. The first-order valence-electron chi connectivity index (χ1n) is 7.78. The average molecular weight is 311 g/mol. The number of aromatic nitrogens is 1. The fourth-order valence-electron chi connectivity index (χ4n) is 2.63. The van der Waals surface area contributed by atoms with E-state index in [0.717, 1.165) is 32.2 Å². The molecule has 1 saturated heterocycles. The summed E-state index contributed by atoms with van der Waals surface area (Å²) >= 11 is 0. The number of hydrogen-bond acceptors (Lipinski definition) is 4. The zero-order chi connectivity index (χ0) is 15.3. The quantitative estimate of drug-likeness (QED) is 0.877. The molecule has 0 saturated carbocycles. The molecule has 0 spiro atoms. The topological polar surface area (TPSA) is 62.3 Å². The Hall–Kier alpha value is -1.14. The van der Waals surface area contributed by atoms with Gasteiger partial charge < -0.3 is 5.32 Å². The van der Waals surface area contributed by atoms with Crippen molar-refractivity contribution in [3.8, 4) is 0 Å². The summed E-state index contributed by atoms with van der Waals surface area (Å²) in [4.78, 5) is 4.51. The van der Waals surface area contributed by atoms with E-state index < -0.39 is 10.0 Å². The number of nitrogens with one attached hydrogen (secondary N) is 1. The summed E-state index contributed by atoms with van der Waals surface area (Å²) in [7, 11) is -3.39. The molecule has 1 aliphatic rings. The van der Waals surface area contributed by atoms with Crippen LogP contribution < -0.4 is 5.32 Å². The Morgan fingerprint density at radius 3 is 2.67 bits per heavy atom. The van der Waals surface area contributed by atoms with Crippen LogP contribution >= 0.6 is 0 Å². The molecule has 2 rings (SSSR count). The Morgan fingerprint density at radius 1 is 1.33 bits per heavy atom. The number of sulfonamides is 1. The summed E-state index contributed by atoms with van der Waals surface area (Å²) in [5.74, 6) is 1.29. The smallest absolute Gasteiger partial charge is 0.243 e. The van der Waals surface area contributed by atoms with Gasteiger partial charge in [-0.2, -0.15) is 4.31 Å². The molecule has 118 valence electrons. The maximum atomic E-state index is 12.7. The summed E-state index contributed by atoms with van der Waals surface area (Å²) < 4.78 is 27.0. The molecule has 1 aliphatic heterocycles. The predicted molar refractivity (Wildman–Crippen MR) is 84.8 cm³/mol. The van der Waals surface area contributed by atoms with E-state index >= 15 is 0 Å². The van der Waals surface area contributed by atoms with Crippen molar-refractivity contribution in [1.29, 1.82) is 0 Å². The van der Waals surface area contributed by atoms with Crippen molar-refractivity contribution >= 4 is 15.8 Å². The lowest BCUT2D eigenvalue weighted by atomic mass is 9.96. The fourth-order valence-corrected chi connectivity index (χ4v) is 4.11. The lowest BCUT2D eigenvalue weighted by Gasteiger charge is -2.30. The van der Waals surface area contributed by atoms with Gasteiger partial charge in [-0.05, 0) is 31.2 Å². The monoisotopic (exact) mass is 311 g/mol. The molecule has 2 heterocycles. The molecule has 1 aromatic rings. The highest BCUT2D eigenvalue weighted by Gasteiger charge is 2.29. The van der Waals surface area contributed by atoms with Crippen LogP contribution in [0.25, 0.3) is 0 Å². The van der Waals surface area contributed by atoms with E-state index in [2.05, 4.69) is 24.1 Å². The first-order chi connectivity index (χ1) is 10.1. The molecule has 5 nitrogen and oxygen atoms in total. The molecular formula is C15H25N3O2S. The lowest BCUT2D eigenvalue weighted by molar-refractivity contribution is 0.269. The van der Waals surface area contributed by atoms with Gasteiger partial charge in [-0.25, -0.2) is 13.4 Å². The largest absolute Gasteiger partial charge is 0.370 e. The van der Waals surface area contributed by atoms with Crippen LogP contribution in [-0.2, 0) is 10.0 Å². The van der Waals surface area contributed by atoms with Crippen molar-refractivity contribution < 1.29 is 8.42 Å². The third-order valence-electron chi connectivity index (χ3n) is 4.08. The van der Waals surface area contributed by atoms with Gasteiger partial charge in [-0.3, -0.25) is 0 Å². The van der Waals surface area contributed by atoms with Crippen LogP contribution in [0, 0.1) is 5.92 Å². The van der Waals surface area contributed by atoms with E-state index in [1.807, 2.05) is 0 Å². The van der Waals surface area contributed by atoms with Crippen molar-refractivity contribution in [2.24, 2.45) is 5.92 Å². The number of piperidine rings is 1. The highest BCUT2D eigenvalue weighted by atomic mass is 32.2. The van der Waals surface area contributed by atoms with Crippen LogP contribution in [-0.4, -0.2) is 37.3 Å². The van der Waals surface area contributed by atoms with Crippen molar-refractivity contribution in [2.45, 2.75) is 44.4 Å². The Labute approximate surface area is 127 Å². The van der Waals surface area contributed by atoms with Gasteiger partial charge in [0.05, 0.1) is 4.90 Å². The first-order valence-corrected chi connectivity index (χ1v) is 9.22. The molecule has 0 aromatic carbocycles. The van der Waals surface area contributed by atoms with Crippen LogP contribution in [0.4, 0.5) is 5.82 Å². The predicted octanol–water partition coefficient (Wildman–Crippen LogP) is 2.71. The third-order valence-corrected chi connectivity index (χ3v) is 5.97. The van der Waals surface area contributed by atoms with E-state index in [9.17, 15) is 8.42 Å². The van der Waals surface area contributed by atoms with Crippen molar-refractivity contribution in [3.63, 3.8) is 0 Å². The van der Waals surface area contributed by atoms with Crippen LogP contribution in [0.2, 0.25) is 0 Å². The molecule has 0 unspecified atom stereocenters. The van der Waals surface area contributed by atoms with Gasteiger partial charge in [0.2, 0.25) is 10.0 Å². The molecule has 0 amide bonds. The Balaban J connectivity index is 2.12. The number of rotatable bonds is 6. The van der Waals surface area contributed by atoms with Crippen LogP contribution in [0.3, 0.4) is 0 Å². The molecule has 0 radical (unpaired) electrons. The fraction of sp³-hybridized carbons (Fsp3) is 0.667. The number of nitrogens with zero attached hydrogens (tertiary/aromatic N) is 2. The minimum absolute atomic E-state index is 0.339. The number of pyridine rings is 1. The second kappa shape index (κ2) is 7.22. The molecule has 1 N–H and O–H groups in total.